The van der Waals surface area contributed by atoms with Crippen molar-refractivity contribution in [2.75, 3.05) is 18.5 Å². The molecule has 6 nitrogen and oxygen atoms in total. The van der Waals surface area contributed by atoms with Gasteiger partial charge >= 0.3 is 5.97 Å². The smallest absolute Gasteiger partial charge is 0.341 e. The molecule has 1 amide bonds. The standard InChI is InChI=1S/C22H35NO5/c1-7-13-22(6,27-14-8-2)21(25)23-17-11-12-19(28-16(5)9-3)18(15-17)20(24)26-10-4/h11-12,15-16H,7-10,13-14H2,1-6H3,(H,23,25)/t16-,22+/m0/s1. The van der Waals surface area contributed by atoms with Crippen LogP contribution in [-0.4, -0.2) is 36.8 Å². The number of hydrogen-bond donors (Lipinski definition) is 1. The molecule has 1 rings (SSSR count). The fraction of sp³-hybridized carbons (Fsp3) is 0.636. The molecule has 1 N–H and O–H groups in total. The van der Waals surface area contributed by atoms with Crippen molar-refractivity contribution in [1.82, 2.24) is 0 Å². The van der Waals surface area contributed by atoms with E-state index in [9.17, 15) is 9.59 Å². The van der Waals surface area contributed by atoms with Crippen LogP contribution < -0.4 is 10.1 Å². The first-order chi connectivity index (χ1) is 13.3. The Morgan fingerprint density at radius 3 is 2.43 bits per heavy atom. The van der Waals surface area contributed by atoms with Crippen molar-refractivity contribution in [2.45, 2.75) is 78.9 Å². The maximum Gasteiger partial charge on any atom is 0.341 e. The van der Waals surface area contributed by atoms with Gasteiger partial charge in [0.15, 0.2) is 0 Å². The van der Waals surface area contributed by atoms with Crippen LogP contribution in [0, 0.1) is 0 Å². The average molecular weight is 394 g/mol. The summed E-state index contributed by atoms with van der Waals surface area (Å²) in [6.45, 7) is 12.3. The molecule has 0 fully saturated rings. The van der Waals surface area contributed by atoms with Gasteiger partial charge in [-0.15, -0.1) is 0 Å². The Balaban J connectivity index is 3.11. The van der Waals surface area contributed by atoms with Gasteiger partial charge in [-0.1, -0.05) is 27.2 Å². The molecule has 0 saturated heterocycles. The summed E-state index contributed by atoms with van der Waals surface area (Å²) < 4.78 is 16.8. The summed E-state index contributed by atoms with van der Waals surface area (Å²) in [6, 6.07) is 5.02. The Kier molecular flexibility index (Phi) is 10.0. The van der Waals surface area contributed by atoms with Gasteiger partial charge in [-0.2, -0.15) is 0 Å². The molecule has 0 aliphatic rings. The van der Waals surface area contributed by atoms with Gasteiger partial charge in [0, 0.05) is 12.3 Å². The molecule has 0 aromatic heterocycles. The number of carbonyl (C=O) groups is 2. The molecular formula is C22H35NO5. The van der Waals surface area contributed by atoms with Gasteiger partial charge in [-0.3, -0.25) is 4.79 Å². The lowest BCUT2D eigenvalue weighted by atomic mass is 9.98. The predicted octanol–water partition coefficient (Wildman–Crippen LogP) is 4.96. The van der Waals surface area contributed by atoms with Crippen LogP contribution >= 0.6 is 0 Å². The van der Waals surface area contributed by atoms with Crippen LogP contribution in [0.1, 0.15) is 77.6 Å². The fourth-order valence-electron chi connectivity index (χ4n) is 2.70. The Morgan fingerprint density at radius 2 is 1.86 bits per heavy atom. The summed E-state index contributed by atoms with van der Waals surface area (Å²) in [5.41, 5.74) is -0.112. The van der Waals surface area contributed by atoms with E-state index in [0.29, 0.717) is 30.0 Å². The molecule has 0 aliphatic carbocycles. The van der Waals surface area contributed by atoms with Crippen molar-refractivity contribution >= 4 is 17.6 Å². The highest BCUT2D eigenvalue weighted by Gasteiger charge is 2.33. The zero-order valence-corrected chi connectivity index (χ0v) is 18.1. The van der Waals surface area contributed by atoms with Crippen molar-refractivity contribution in [2.24, 2.45) is 0 Å². The first kappa shape index (κ1) is 24.0. The quantitative estimate of drug-likeness (QED) is 0.508. The topological polar surface area (TPSA) is 73.9 Å². The van der Waals surface area contributed by atoms with Gasteiger partial charge in [0.25, 0.3) is 5.91 Å². The minimum atomic E-state index is -0.916. The van der Waals surface area contributed by atoms with Crippen molar-refractivity contribution in [3.63, 3.8) is 0 Å². The lowest BCUT2D eigenvalue weighted by Gasteiger charge is -2.28. The van der Waals surface area contributed by atoms with Crippen LogP contribution in [0.5, 0.6) is 5.75 Å². The Hall–Kier alpha value is -2.08. The molecule has 1 aromatic rings. The van der Waals surface area contributed by atoms with Crippen molar-refractivity contribution < 1.29 is 23.8 Å². The van der Waals surface area contributed by atoms with E-state index in [2.05, 4.69) is 5.32 Å². The molecule has 2 atom stereocenters. The zero-order chi connectivity index (χ0) is 21.2. The highest BCUT2D eigenvalue weighted by atomic mass is 16.5. The molecule has 0 spiro atoms. The second kappa shape index (κ2) is 11.7. The van der Waals surface area contributed by atoms with Gasteiger partial charge < -0.3 is 19.5 Å². The van der Waals surface area contributed by atoms with Crippen LogP contribution in [0.25, 0.3) is 0 Å². The molecular weight excluding hydrogens is 358 g/mol. The third-order valence-electron chi connectivity index (χ3n) is 4.47. The van der Waals surface area contributed by atoms with Crippen LogP contribution in [0.2, 0.25) is 0 Å². The lowest BCUT2D eigenvalue weighted by molar-refractivity contribution is -0.140. The summed E-state index contributed by atoms with van der Waals surface area (Å²) in [7, 11) is 0. The molecule has 28 heavy (non-hydrogen) atoms. The Morgan fingerprint density at radius 1 is 1.14 bits per heavy atom. The van der Waals surface area contributed by atoms with Crippen molar-refractivity contribution in [3.05, 3.63) is 23.8 Å². The molecule has 6 heteroatoms. The molecule has 0 unspecified atom stereocenters. The zero-order valence-electron chi connectivity index (χ0n) is 18.1. The second-order valence-corrected chi connectivity index (χ2v) is 7.05. The van der Waals surface area contributed by atoms with Gasteiger partial charge in [-0.05, 0) is 58.2 Å². The van der Waals surface area contributed by atoms with Gasteiger partial charge in [0.05, 0.1) is 12.7 Å². The van der Waals surface area contributed by atoms with E-state index in [0.717, 1.165) is 19.3 Å². The third-order valence-corrected chi connectivity index (χ3v) is 4.47. The minimum absolute atomic E-state index is 0.0380. The molecule has 0 bridgehead atoms. The van der Waals surface area contributed by atoms with Gasteiger partial charge in [0.2, 0.25) is 0 Å². The normalized spacial score (nSPS) is 14.1. The van der Waals surface area contributed by atoms with Crippen LogP contribution in [0.3, 0.4) is 0 Å². The summed E-state index contributed by atoms with van der Waals surface area (Å²) in [4.78, 5) is 25.2. The van der Waals surface area contributed by atoms with Gasteiger partial charge in [-0.25, -0.2) is 4.79 Å². The molecule has 0 aliphatic heterocycles. The summed E-state index contributed by atoms with van der Waals surface area (Å²) in [6.07, 6.45) is 3.04. The number of ether oxygens (including phenoxy) is 3. The number of rotatable bonds is 12. The van der Waals surface area contributed by atoms with Gasteiger partial charge in [0.1, 0.15) is 16.9 Å². The molecule has 0 radical (unpaired) electrons. The first-order valence-electron chi connectivity index (χ1n) is 10.2. The number of carbonyl (C=O) groups excluding carboxylic acids is 2. The number of anilines is 1. The largest absolute Gasteiger partial charge is 0.490 e. The third kappa shape index (κ3) is 6.82. The maximum absolute atomic E-state index is 12.9. The van der Waals surface area contributed by atoms with E-state index in [4.69, 9.17) is 14.2 Å². The van der Waals surface area contributed by atoms with Crippen LogP contribution in [0.4, 0.5) is 5.69 Å². The molecule has 0 saturated carbocycles. The Labute approximate surface area is 168 Å². The van der Waals surface area contributed by atoms with E-state index in [1.165, 1.54) is 0 Å². The predicted molar refractivity (Wildman–Crippen MR) is 111 cm³/mol. The SMILES string of the molecule is CCCO[C@](C)(CCC)C(=O)Nc1ccc(O[C@@H](C)CC)c(C(=O)OCC)c1. The maximum atomic E-state index is 12.9. The van der Waals surface area contributed by atoms with E-state index in [1.807, 2.05) is 27.7 Å². The number of amides is 1. The fourth-order valence-corrected chi connectivity index (χ4v) is 2.70. The monoisotopic (exact) mass is 393 g/mol. The van der Waals surface area contributed by atoms with E-state index in [1.54, 1.807) is 32.0 Å². The van der Waals surface area contributed by atoms with E-state index >= 15 is 0 Å². The summed E-state index contributed by atoms with van der Waals surface area (Å²) in [5.74, 6) is -0.256. The van der Waals surface area contributed by atoms with Crippen LogP contribution in [-0.2, 0) is 14.3 Å². The minimum Gasteiger partial charge on any atom is -0.490 e. The number of benzene rings is 1. The van der Waals surface area contributed by atoms with E-state index < -0.39 is 11.6 Å². The van der Waals surface area contributed by atoms with E-state index in [-0.39, 0.29) is 18.6 Å². The Bertz CT molecular complexity index is 646. The number of esters is 1. The molecule has 158 valence electrons. The first-order valence-corrected chi connectivity index (χ1v) is 10.2. The molecule has 1 aromatic carbocycles. The number of hydrogen-bond acceptors (Lipinski definition) is 5. The average Bonchev–Trinajstić information content (AvgIpc) is 2.67. The number of nitrogens with one attached hydrogen (secondary N) is 1. The second-order valence-electron chi connectivity index (χ2n) is 7.05. The highest BCUT2D eigenvalue weighted by Crippen LogP contribution is 2.27. The molecule has 0 heterocycles. The van der Waals surface area contributed by atoms with Crippen LogP contribution in [0.15, 0.2) is 18.2 Å². The summed E-state index contributed by atoms with van der Waals surface area (Å²) in [5, 5.41) is 2.88. The van der Waals surface area contributed by atoms with Crippen molar-refractivity contribution in [1.29, 1.82) is 0 Å². The highest BCUT2D eigenvalue weighted by molar-refractivity contribution is 5.99. The lowest BCUT2D eigenvalue weighted by Crippen LogP contribution is -2.43. The van der Waals surface area contributed by atoms with Crippen molar-refractivity contribution in [3.8, 4) is 5.75 Å². The summed E-state index contributed by atoms with van der Waals surface area (Å²) >= 11 is 0.